The van der Waals surface area contributed by atoms with Gasteiger partial charge in [-0.2, -0.15) is 0 Å². The first kappa shape index (κ1) is 20.8. The van der Waals surface area contributed by atoms with Crippen molar-refractivity contribution in [3.8, 4) is 5.75 Å². The molecule has 0 fully saturated rings. The van der Waals surface area contributed by atoms with Gasteiger partial charge in [-0.1, -0.05) is 41.7 Å². The molecular formula is C24H23N3O3S. The molecule has 1 N–H and O–H groups in total. The van der Waals surface area contributed by atoms with Crippen molar-refractivity contribution in [3.63, 3.8) is 0 Å². The molecule has 0 saturated heterocycles. The number of aromatic nitrogens is 1. The standard InChI is InChI=1S/C24H23N3O3S/c1-2-30-19-11-8-17(9-12-19)10-13-22(28)26-24-25-20-14-15-27(16-21(20)31-24)23(29)18-6-4-3-5-7-18/h3-13H,2,14-16H2,1H3,(H,25,26,28)/b13-10+. The van der Waals surface area contributed by atoms with Gasteiger partial charge >= 0.3 is 0 Å². The molecule has 1 aliphatic rings. The van der Waals surface area contributed by atoms with Gasteiger partial charge in [0.1, 0.15) is 5.75 Å². The van der Waals surface area contributed by atoms with E-state index in [9.17, 15) is 9.59 Å². The number of nitrogens with zero attached hydrogens (tertiary/aromatic N) is 2. The Hall–Kier alpha value is -3.45. The number of benzene rings is 2. The lowest BCUT2D eigenvalue weighted by molar-refractivity contribution is -0.111. The summed E-state index contributed by atoms with van der Waals surface area (Å²) < 4.78 is 5.42. The first-order valence-corrected chi connectivity index (χ1v) is 11.0. The molecule has 0 saturated carbocycles. The first-order chi connectivity index (χ1) is 15.1. The van der Waals surface area contributed by atoms with Crippen LogP contribution < -0.4 is 10.1 Å². The summed E-state index contributed by atoms with van der Waals surface area (Å²) in [4.78, 5) is 32.4. The predicted molar refractivity (Wildman–Crippen MR) is 122 cm³/mol. The molecule has 0 aliphatic carbocycles. The molecule has 0 atom stereocenters. The Kier molecular flexibility index (Phi) is 6.43. The zero-order valence-electron chi connectivity index (χ0n) is 17.2. The highest BCUT2D eigenvalue weighted by molar-refractivity contribution is 7.15. The van der Waals surface area contributed by atoms with Crippen LogP contribution >= 0.6 is 11.3 Å². The molecule has 1 aliphatic heterocycles. The van der Waals surface area contributed by atoms with Crippen molar-refractivity contribution < 1.29 is 14.3 Å². The highest BCUT2D eigenvalue weighted by atomic mass is 32.1. The summed E-state index contributed by atoms with van der Waals surface area (Å²) in [5.41, 5.74) is 2.54. The van der Waals surface area contributed by atoms with Gasteiger partial charge in [-0.05, 0) is 42.8 Å². The van der Waals surface area contributed by atoms with Crippen LogP contribution in [0.15, 0.2) is 60.7 Å². The minimum Gasteiger partial charge on any atom is -0.494 e. The Labute approximate surface area is 185 Å². The quantitative estimate of drug-likeness (QED) is 0.585. The van der Waals surface area contributed by atoms with Gasteiger partial charge in [-0.3, -0.25) is 14.9 Å². The summed E-state index contributed by atoms with van der Waals surface area (Å²) in [6, 6.07) is 16.8. The molecule has 0 radical (unpaired) electrons. The van der Waals surface area contributed by atoms with E-state index in [1.54, 1.807) is 6.08 Å². The predicted octanol–water partition coefficient (Wildman–Crippen LogP) is 4.39. The molecule has 3 aromatic rings. The molecule has 158 valence electrons. The van der Waals surface area contributed by atoms with E-state index in [1.165, 1.54) is 17.4 Å². The average molecular weight is 434 g/mol. The number of hydrogen-bond acceptors (Lipinski definition) is 5. The van der Waals surface area contributed by atoms with Crippen molar-refractivity contribution in [1.82, 2.24) is 9.88 Å². The number of thiazole rings is 1. The lowest BCUT2D eigenvalue weighted by Gasteiger charge is -2.26. The second-order valence-corrected chi connectivity index (χ2v) is 8.14. The number of carbonyl (C=O) groups is 2. The Balaban J connectivity index is 1.36. The van der Waals surface area contributed by atoms with Gasteiger partial charge in [0.05, 0.1) is 18.8 Å². The zero-order chi connectivity index (χ0) is 21.6. The van der Waals surface area contributed by atoms with Crippen LogP contribution in [0, 0.1) is 0 Å². The molecule has 31 heavy (non-hydrogen) atoms. The minimum atomic E-state index is -0.239. The first-order valence-electron chi connectivity index (χ1n) is 10.2. The van der Waals surface area contributed by atoms with E-state index in [0.29, 0.717) is 36.8 Å². The van der Waals surface area contributed by atoms with E-state index in [2.05, 4.69) is 10.3 Å². The Morgan fingerprint density at radius 3 is 2.68 bits per heavy atom. The molecular weight excluding hydrogens is 410 g/mol. The molecule has 2 aromatic carbocycles. The van der Waals surface area contributed by atoms with Gasteiger partial charge < -0.3 is 9.64 Å². The second-order valence-electron chi connectivity index (χ2n) is 7.06. The number of carbonyl (C=O) groups excluding carboxylic acids is 2. The highest BCUT2D eigenvalue weighted by Gasteiger charge is 2.25. The van der Waals surface area contributed by atoms with Crippen molar-refractivity contribution in [1.29, 1.82) is 0 Å². The van der Waals surface area contributed by atoms with E-state index in [0.717, 1.165) is 21.9 Å². The topological polar surface area (TPSA) is 71.5 Å². The summed E-state index contributed by atoms with van der Waals surface area (Å²) in [6.45, 7) is 3.69. The van der Waals surface area contributed by atoms with Gasteiger partial charge in [-0.15, -0.1) is 0 Å². The maximum Gasteiger partial charge on any atom is 0.254 e. The summed E-state index contributed by atoms with van der Waals surface area (Å²) in [6.07, 6.45) is 3.92. The molecule has 7 heteroatoms. The zero-order valence-corrected chi connectivity index (χ0v) is 18.0. The summed E-state index contributed by atoms with van der Waals surface area (Å²) in [5, 5.41) is 3.39. The number of hydrogen-bond donors (Lipinski definition) is 1. The van der Waals surface area contributed by atoms with Gasteiger partial charge in [-0.25, -0.2) is 4.98 Å². The lowest BCUT2D eigenvalue weighted by Crippen LogP contribution is -2.35. The van der Waals surface area contributed by atoms with Gasteiger partial charge in [0.25, 0.3) is 5.91 Å². The van der Waals surface area contributed by atoms with Crippen LogP contribution in [-0.4, -0.2) is 34.8 Å². The van der Waals surface area contributed by atoms with Crippen molar-refractivity contribution >= 4 is 34.4 Å². The summed E-state index contributed by atoms with van der Waals surface area (Å²) >= 11 is 1.42. The Morgan fingerprint density at radius 1 is 1.16 bits per heavy atom. The third-order valence-corrected chi connectivity index (χ3v) is 5.89. The third-order valence-electron chi connectivity index (χ3n) is 4.89. The number of anilines is 1. The van der Waals surface area contributed by atoms with Crippen molar-refractivity contribution in [3.05, 3.63) is 82.4 Å². The number of ether oxygens (including phenoxy) is 1. The fourth-order valence-electron chi connectivity index (χ4n) is 3.35. The van der Waals surface area contributed by atoms with Crippen molar-refractivity contribution in [2.45, 2.75) is 19.9 Å². The van der Waals surface area contributed by atoms with Crippen LogP contribution in [-0.2, 0) is 17.8 Å². The molecule has 4 rings (SSSR count). The van der Waals surface area contributed by atoms with E-state index in [4.69, 9.17) is 4.74 Å². The van der Waals surface area contributed by atoms with Crippen LogP contribution in [0.4, 0.5) is 5.13 Å². The Morgan fingerprint density at radius 2 is 1.94 bits per heavy atom. The maximum absolute atomic E-state index is 12.7. The van der Waals surface area contributed by atoms with Crippen LogP contribution in [0.2, 0.25) is 0 Å². The van der Waals surface area contributed by atoms with Crippen LogP contribution in [0.5, 0.6) is 5.75 Å². The van der Waals surface area contributed by atoms with E-state index < -0.39 is 0 Å². The maximum atomic E-state index is 12.7. The smallest absolute Gasteiger partial charge is 0.254 e. The van der Waals surface area contributed by atoms with Gasteiger partial charge in [0.15, 0.2) is 5.13 Å². The fourth-order valence-corrected chi connectivity index (χ4v) is 4.37. The molecule has 1 aromatic heterocycles. The number of nitrogens with one attached hydrogen (secondary N) is 1. The molecule has 0 unspecified atom stereocenters. The molecule has 2 heterocycles. The molecule has 6 nitrogen and oxygen atoms in total. The molecule has 2 amide bonds. The summed E-state index contributed by atoms with van der Waals surface area (Å²) in [7, 11) is 0. The summed E-state index contributed by atoms with van der Waals surface area (Å²) in [5.74, 6) is 0.581. The minimum absolute atomic E-state index is 0.0172. The van der Waals surface area contributed by atoms with E-state index in [1.807, 2.05) is 66.4 Å². The average Bonchev–Trinajstić information content (AvgIpc) is 3.20. The largest absolute Gasteiger partial charge is 0.494 e. The van der Waals surface area contributed by atoms with Crippen molar-refractivity contribution in [2.75, 3.05) is 18.5 Å². The highest BCUT2D eigenvalue weighted by Crippen LogP contribution is 2.29. The SMILES string of the molecule is CCOc1ccc(/C=C/C(=O)Nc2nc3c(s2)CN(C(=O)c2ccccc2)CC3)cc1. The number of rotatable bonds is 6. The van der Waals surface area contributed by atoms with Gasteiger partial charge in [0, 0.05) is 29.5 Å². The second kappa shape index (κ2) is 9.57. The van der Waals surface area contributed by atoms with Crippen LogP contribution in [0.3, 0.4) is 0 Å². The Bertz CT molecular complexity index is 1090. The van der Waals surface area contributed by atoms with E-state index in [-0.39, 0.29) is 11.8 Å². The monoisotopic (exact) mass is 433 g/mol. The normalized spacial score (nSPS) is 13.1. The fraction of sp³-hybridized carbons (Fsp3) is 0.208. The van der Waals surface area contributed by atoms with E-state index >= 15 is 0 Å². The van der Waals surface area contributed by atoms with Crippen molar-refractivity contribution in [2.24, 2.45) is 0 Å². The van der Waals surface area contributed by atoms with Gasteiger partial charge in [0.2, 0.25) is 5.91 Å². The third kappa shape index (κ3) is 5.19. The number of fused-ring (bicyclic) bond motifs is 1. The molecule has 0 spiro atoms. The van der Waals surface area contributed by atoms with Crippen LogP contribution in [0.25, 0.3) is 6.08 Å². The lowest BCUT2D eigenvalue weighted by atomic mass is 10.1. The number of amides is 2. The van der Waals surface area contributed by atoms with Crippen LogP contribution in [0.1, 0.15) is 33.4 Å². The molecule has 0 bridgehead atoms.